The summed E-state index contributed by atoms with van der Waals surface area (Å²) in [7, 11) is 0. The highest BCUT2D eigenvalue weighted by molar-refractivity contribution is 5.76. The molecule has 0 fully saturated rings. The van der Waals surface area contributed by atoms with Crippen molar-refractivity contribution in [1.29, 1.82) is 0 Å². The Labute approximate surface area is 236 Å². The second kappa shape index (κ2) is 29.1. The smallest absolute Gasteiger partial charge is 0.222 e. The van der Waals surface area contributed by atoms with Gasteiger partial charge in [0.15, 0.2) is 0 Å². The molecular weight excluding hydrogens is 474 g/mol. The number of allylic oxidation sites excluding steroid dienone is 2. The minimum absolute atomic E-state index is 0.0268. The molecule has 0 saturated heterocycles. The third-order valence-electron chi connectivity index (χ3n) is 7.58. The Hall–Kier alpha value is -0.910. The lowest BCUT2D eigenvalue weighted by atomic mass is 10.0. The monoisotopic (exact) mass is 539 g/mol. The largest absolute Gasteiger partial charge is 0.394 e. The molecule has 0 aromatic heterocycles. The lowest BCUT2D eigenvalue weighted by molar-refractivity contribution is -0.125. The van der Waals surface area contributed by atoms with Gasteiger partial charge in [-0.3, -0.25) is 4.79 Å². The molecule has 0 bridgehead atoms. The minimum atomic E-state index is -0.746. The van der Waals surface area contributed by atoms with E-state index in [1.165, 1.54) is 89.9 Å². The highest BCUT2D eigenvalue weighted by Crippen LogP contribution is 2.15. The van der Waals surface area contributed by atoms with Crippen LogP contribution in [0.3, 0.4) is 0 Å². The molecule has 4 N–H and O–H groups in total. The molecule has 5 heteroatoms. The average molecular weight is 540 g/mol. The summed E-state index contributed by atoms with van der Waals surface area (Å²) in [5, 5.41) is 33.0. The summed E-state index contributed by atoms with van der Waals surface area (Å²) in [5.41, 5.74) is 0. The van der Waals surface area contributed by atoms with Crippen molar-refractivity contribution in [2.45, 2.75) is 186 Å². The number of unbranched alkanes of at least 4 members (excludes halogenated alkanes) is 18. The lowest BCUT2D eigenvalue weighted by Gasteiger charge is -2.23. The van der Waals surface area contributed by atoms with Crippen molar-refractivity contribution in [2.75, 3.05) is 6.61 Å². The van der Waals surface area contributed by atoms with Crippen LogP contribution in [0.25, 0.3) is 0 Å². The van der Waals surface area contributed by atoms with Gasteiger partial charge in [-0.2, -0.15) is 0 Å². The van der Waals surface area contributed by atoms with Crippen molar-refractivity contribution in [3.05, 3.63) is 12.2 Å². The number of amides is 1. The van der Waals surface area contributed by atoms with Gasteiger partial charge in [0.25, 0.3) is 0 Å². The number of carbonyl (C=O) groups excluding carboxylic acids is 1. The van der Waals surface area contributed by atoms with Crippen LogP contribution >= 0.6 is 0 Å². The zero-order valence-corrected chi connectivity index (χ0v) is 25.3. The van der Waals surface area contributed by atoms with Crippen molar-refractivity contribution in [3.63, 3.8) is 0 Å². The van der Waals surface area contributed by atoms with Crippen LogP contribution in [-0.4, -0.2) is 46.1 Å². The molecule has 0 rings (SSSR count). The van der Waals surface area contributed by atoms with Crippen LogP contribution in [0.5, 0.6) is 0 Å². The minimum Gasteiger partial charge on any atom is -0.394 e. The van der Waals surface area contributed by atoms with Crippen LogP contribution in [0.4, 0.5) is 0 Å². The van der Waals surface area contributed by atoms with Crippen LogP contribution in [0, 0.1) is 0 Å². The van der Waals surface area contributed by atoms with Gasteiger partial charge in [0.05, 0.1) is 31.3 Å². The van der Waals surface area contributed by atoms with Gasteiger partial charge < -0.3 is 20.6 Å². The Bertz CT molecular complexity index is 525. The maximum atomic E-state index is 12.3. The van der Waals surface area contributed by atoms with Crippen LogP contribution in [0.2, 0.25) is 0 Å². The highest BCUT2D eigenvalue weighted by Gasteiger charge is 2.21. The Morgan fingerprint density at radius 1 is 0.632 bits per heavy atom. The van der Waals surface area contributed by atoms with Gasteiger partial charge in [0.2, 0.25) is 5.91 Å². The predicted octanol–water partition coefficient (Wildman–Crippen LogP) is 8.14. The topological polar surface area (TPSA) is 89.8 Å². The number of nitrogens with one attached hydrogen (secondary N) is 1. The first kappa shape index (κ1) is 37.1. The predicted molar refractivity (Wildman–Crippen MR) is 162 cm³/mol. The quantitative estimate of drug-likeness (QED) is 0.0570. The third kappa shape index (κ3) is 25.4. The van der Waals surface area contributed by atoms with Gasteiger partial charge in [-0.05, 0) is 32.1 Å². The standard InChI is InChI=1S/C33H65NO4/c1-3-5-7-9-11-13-14-15-16-17-19-21-23-25-27-32(37)31(29-35)34-33(38)28-30(36)26-24-22-20-18-12-10-8-6-4-2/h10,12,30-32,35-37H,3-9,11,13-29H2,1-2H3,(H,34,38)/b12-10-. The molecule has 0 heterocycles. The summed E-state index contributed by atoms with van der Waals surface area (Å²) in [6.45, 7) is 4.18. The van der Waals surface area contributed by atoms with Gasteiger partial charge in [0, 0.05) is 0 Å². The number of aliphatic hydroxyl groups is 3. The summed E-state index contributed by atoms with van der Waals surface area (Å²) in [6.07, 6.45) is 30.2. The van der Waals surface area contributed by atoms with E-state index in [1.54, 1.807) is 0 Å². The molecule has 3 unspecified atom stereocenters. The third-order valence-corrected chi connectivity index (χ3v) is 7.58. The van der Waals surface area contributed by atoms with Crippen LogP contribution in [0.1, 0.15) is 168 Å². The highest BCUT2D eigenvalue weighted by atomic mass is 16.3. The Morgan fingerprint density at radius 3 is 1.61 bits per heavy atom. The first-order valence-electron chi connectivity index (χ1n) is 16.5. The van der Waals surface area contributed by atoms with E-state index in [2.05, 4.69) is 31.3 Å². The fourth-order valence-corrected chi connectivity index (χ4v) is 4.97. The van der Waals surface area contributed by atoms with Crippen molar-refractivity contribution >= 4 is 5.91 Å². The zero-order chi connectivity index (χ0) is 28.1. The zero-order valence-electron chi connectivity index (χ0n) is 25.3. The summed E-state index contributed by atoms with van der Waals surface area (Å²) in [5.74, 6) is -0.296. The van der Waals surface area contributed by atoms with Gasteiger partial charge in [-0.25, -0.2) is 0 Å². The molecule has 0 radical (unpaired) electrons. The fourth-order valence-electron chi connectivity index (χ4n) is 4.97. The van der Waals surface area contributed by atoms with Crippen LogP contribution in [-0.2, 0) is 4.79 Å². The van der Waals surface area contributed by atoms with Gasteiger partial charge in [0.1, 0.15) is 0 Å². The van der Waals surface area contributed by atoms with E-state index >= 15 is 0 Å². The summed E-state index contributed by atoms with van der Waals surface area (Å²) in [4.78, 5) is 12.3. The fraction of sp³-hybridized carbons (Fsp3) is 0.909. The maximum Gasteiger partial charge on any atom is 0.222 e. The van der Waals surface area contributed by atoms with E-state index in [1.807, 2.05) is 0 Å². The second-order valence-electron chi connectivity index (χ2n) is 11.4. The van der Waals surface area contributed by atoms with Crippen molar-refractivity contribution in [1.82, 2.24) is 5.32 Å². The van der Waals surface area contributed by atoms with E-state index in [0.717, 1.165) is 44.9 Å². The SMILES string of the molecule is CCCC/C=C\CCCCCC(O)CC(=O)NC(CO)C(O)CCCCCCCCCCCCCCCC. The van der Waals surface area contributed by atoms with Crippen molar-refractivity contribution < 1.29 is 20.1 Å². The molecule has 5 nitrogen and oxygen atoms in total. The number of carbonyl (C=O) groups is 1. The first-order chi connectivity index (χ1) is 18.5. The summed E-state index contributed by atoms with van der Waals surface area (Å²) in [6, 6.07) is -0.656. The van der Waals surface area contributed by atoms with E-state index < -0.39 is 18.2 Å². The molecular formula is C33H65NO4. The molecule has 0 aromatic rings. The second-order valence-corrected chi connectivity index (χ2v) is 11.4. The molecule has 0 spiro atoms. The Balaban J connectivity index is 3.72. The van der Waals surface area contributed by atoms with Crippen molar-refractivity contribution in [2.24, 2.45) is 0 Å². The van der Waals surface area contributed by atoms with Crippen LogP contribution in [0.15, 0.2) is 12.2 Å². The molecule has 1 amide bonds. The number of aliphatic hydroxyl groups excluding tert-OH is 3. The van der Waals surface area contributed by atoms with Gasteiger partial charge >= 0.3 is 0 Å². The molecule has 0 aliphatic heterocycles. The molecule has 0 saturated carbocycles. The molecule has 38 heavy (non-hydrogen) atoms. The molecule has 0 aromatic carbocycles. The average Bonchev–Trinajstić information content (AvgIpc) is 2.90. The van der Waals surface area contributed by atoms with Crippen molar-refractivity contribution in [3.8, 4) is 0 Å². The first-order valence-corrected chi connectivity index (χ1v) is 16.5. The molecule has 3 atom stereocenters. The van der Waals surface area contributed by atoms with E-state index in [0.29, 0.717) is 12.8 Å². The van der Waals surface area contributed by atoms with E-state index in [9.17, 15) is 20.1 Å². The van der Waals surface area contributed by atoms with Gasteiger partial charge in [-0.1, -0.05) is 142 Å². The number of hydrogen-bond acceptors (Lipinski definition) is 4. The summed E-state index contributed by atoms with van der Waals surface area (Å²) < 4.78 is 0. The normalized spacial score (nSPS) is 14.1. The van der Waals surface area contributed by atoms with Gasteiger partial charge in [-0.15, -0.1) is 0 Å². The number of rotatable bonds is 29. The number of hydrogen-bond donors (Lipinski definition) is 4. The summed E-state index contributed by atoms with van der Waals surface area (Å²) >= 11 is 0. The molecule has 0 aliphatic carbocycles. The Morgan fingerprint density at radius 2 is 1.08 bits per heavy atom. The molecule has 226 valence electrons. The Kier molecular flexibility index (Phi) is 28.4. The lowest BCUT2D eigenvalue weighted by Crippen LogP contribution is -2.46. The maximum absolute atomic E-state index is 12.3. The van der Waals surface area contributed by atoms with E-state index in [-0.39, 0.29) is 18.9 Å². The van der Waals surface area contributed by atoms with Crippen LogP contribution < -0.4 is 5.32 Å². The molecule has 0 aliphatic rings. The van der Waals surface area contributed by atoms with E-state index in [4.69, 9.17) is 0 Å².